The Morgan fingerprint density at radius 3 is 2.64 bits per heavy atom. The molecule has 0 N–H and O–H groups in total. The Kier molecular flexibility index (Phi) is 6.35. The summed E-state index contributed by atoms with van der Waals surface area (Å²) < 4.78 is 25.0. The summed E-state index contributed by atoms with van der Waals surface area (Å²) in [6.45, 7) is 5.00. The molecule has 0 spiro atoms. The molecule has 7 rings (SSSR count). The Bertz CT molecular complexity index is 1940. The maximum absolute atomic E-state index is 13.5. The van der Waals surface area contributed by atoms with Crippen LogP contribution in [0.1, 0.15) is 32.6 Å². The van der Waals surface area contributed by atoms with Gasteiger partial charge in [0.15, 0.2) is 5.76 Å². The maximum Gasteiger partial charge on any atom is 0.294 e. The number of anilines is 1. The van der Waals surface area contributed by atoms with Crippen LogP contribution in [-0.2, 0) is 13.0 Å². The summed E-state index contributed by atoms with van der Waals surface area (Å²) in [5.41, 5.74) is 7.26. The minimum absolute atomic E-state index is 0.0202. The number of aromatic nitrogens is 3. The van der Waals surface area contributed by atoms with Gasteiger partial charge < -0.3 is 23.5 Å². The molecule has 9 nitrogen and oxygen atoms in total. The molecular weight excluding hydrogens is 552 g/mol. The number of carbonyl (C=O) groups excluding carboxylic acids is 1. The number of benzene rings is 3. The molecule has 1 aliphatic rings. The fraction of sp³-hybridized carbons (Fsp3) is 0.219. The van der Waals surface area contributed by atoms with E-state index in [1.165, 1.54) is 11.3 Å². The number of nitrogens with zero attached hydrogens (tertiary/aromatic N) is 4. The molecule has 0 radical (unpaired) electrons. The van der Waals surface area contributed by atoms with E-state index in [4.69, 9.17) is 18.6 Å². The van der Waals surface area contributed by atoms with Crippen molar-refractivity contribution in [3.8, 4) is 28.1 Å². The van der Waals surface area contributed by atoms with E-state index >= 15 is 0 Å². The monoisotopic (exact) mass is 580 g/mol. The molecule has 0 unspecified atom stereocenters. The third-order valence-corrected chi connectivity index (χ3v) is 8.37. The molecule has 0 bridgehead atoms. The zero-order valence-corrected chi connectivity index (χ0v) is 24.4. The lowest BCUT2D eigenvalue weighted by molar-refractivity contribution is 0.0989. The Balaban J connectivity index is 1.17. The first-order valence-electron chi connectivity index (χ1n) is 13.6. The number of hydrogen-bond donors (Lipinski definition) is 0. The molecule has 1 amide bonds. The predicted molar refractivity (Wildman–Crippen MR) is 161 cm³/mol. The summed E-state index contributed by atoms with van der Waals surface area (Å²) in [4.78, 5) is 20.7. The van der Waals surface area contributed by atoms with Gasteiger partial charge in [-0.3, -0.25) is 4.79 Å². The number of rotatable bonds is 7. The first-order chi connectivity index (χ1) is 20.4. The van der Waals surface area contributed by atoms with Crippen LogP contribution in [0.3, 0.4) is 0 Å². The smallest absolute Gasteiger partial charge is 0.294 e. The van der Waals surface area contributed by atoms with Crippen LogP contribution in [0.5, 0.6) is 16.7 Å². The molecule has 3 aromatic carbocycles. The van der Waals surface area contributed by atoms with Gasteiger partial charge in [-0.1, -0.05) is 29.3 Å². The third-order valence-electron chi connectivity index (χ3n) is 7.48. The Hall–Kier alpha value is -4.83. The van der Waals surface area contributed by atoms with Crippen molar-refractivity contribution in [2.75, 3.05) is 25.7 Å². The summed E-state index contributed by atoms with van der Waals surface area (Å²) in [7, 11) is 3.20. The van der Waals surface area contributed by atoms with E-state index < -0.39 is 0 Å². The summed E-state index contributed by atoms with van der Waals surface area (Å²) >= 11 is 1.35. The van der Waals surface area contributed by atoms with Crippen molar-refractivity contribution in [3.63, 3.8) is 0 Å². The largest absolute Gasteiger partial charge is 0.496 e. The molecule has 212 valence electrons. The van der Waals surface area contributed by atoms with Crippen LogP contribution in [0, 0.1) is 13.8 Å². The van der Waals surface area contributed by atoms with Crippen molar-refractivity contribution in [2.24, 2.45) is 0 Å². The average molecular weight is 581 g/mol. The van der Waals surface area contributed by atoms with Gasteiger partial charge in [-0.2, -0.15) is 0 Å². The van der Waals surface area contributed by atoms with Crippen LogP contribution in [0.4, 0.5) is 5.69 Å². The molecule has 0 saturated heterocycles. The number of furan rings is 1. The standard InChI is InChI=1S/C32H28N4O5S/c1-18-10-19(2)12-21(11-18)30(37)35-9-8-23-20(6-5-7-26(23)35)17-40-27-13-22(38-3)14-28-24(27)15-29(41-28)25-16-36-31(33-25)42-32(34-36)39-4/h5-7,10-16H,8-9,17H2,1-4H3. The first kappa shape index (κ1) is 26.1. The number of methoxy groups -OCH3 is 2. The summed E-state index contributed by atoms with van der Waals surface area (Å²) in [5, 5.41) is 5.70. The second-order valence-corrected chi connectivity index (χ2v) is 11.3. The average Bonchev–Trinajstić information content (AvgIpc) is 3.76. The number of hydrogen-bond acceptors (Lipinski definition) is 8. The number of ether oxygens (including phenoxy) is 3. The minimum Gasteiger partial charge on any atom is -0.496 e. The van der Waals surface area contributed by atoms with Crippen LogP contribution in [0.2, 0.25) is 0 Å². The molecule has 4 heterocycles. The van der Waals surface area contributed by atoms with Crippen LogP contribution in [0.25, 0.3) is 27.4 Å². The Labute approximate surface area is 245 Å². The second-order valence-electron chi connectivity index (χ2n) is 10.4. The van der Waals surface area contributed by atoms with Crippen LogP contribution >= 0.6 is 11.3 Å². The lowest BCUT2D eigenvalue weighted by Gasteiger charge is -2.19. The van der Waals surface area contributed by atoms with Crippen LogP contribution < -0.4 is 19.1 Å². The third kappa shape index (κ3) is 4.53. The molecule has 0 atom stereocenters. The van der Waals surface area contributed by atoms with E-state index in [9.17, 15) is 4.79 Å². The molecule has 42 heavy (non-hydrogen) atoms. The normalized spacial score (nSPS) is 12.7. The number of fused-ring (bicyclic) bond motifs is 3. The molecule has 0 fully saturated rings. The summed E-state index contributed by atoms with van der Waals surface area (Å²) in [6, 6.07) is 17.7. The highest BCUT2D eigenvalue weighted by Crippen LogP contribution is 2.39. The molecule has 0 saturated carbocycles. The lowest BCUT2D eigenvalue weighted by Crippen LogP contribution is -2.29. The van der Waals surface area contributed by atoms with Crippen molar-refractivity contribution in [1.29, 1.82) is 0 Å². The van der Waals surface area contributed by atoms with Crippen LogP contribution in [-0.4, -0.2) is 41.3 Å². The van der Waals surface area contributed by atoms with Gasteiger partial charge >= 0.3 is 0 Å². The minimum atomic E-state index is 0.0202. The fourth-order valence-electron chi connectivity index (χ4n) is 5.59. The second kappa shape index (κ2) is 10.2. The van der Waals surface area contributed by atoms with E-state index in [1.54, 1.807) is 18.7 Å². The Morgan fingerprint density at radius 2 is 1.88 bits per heavy atom. The number of amides is 1. The van der Waals surface area contributed by atoms with Crippen LogP contribution in [0.15, 0.2) is 65.2 Å². The van der Waals surface area contributed by atoms with Crippen molar-refractivity contribution >= 4 is 38.9 Å². The van der Waals surface area contributed by atoms with Gasteiger partial charge in [0, 0.05) is 29.9 Å². The van der Waals surface area contributed by atoms with E-state index in [0.717, 1.165) is 39.7 Å². The number of imidazole rings is 1. The van der Waals surface area contributed by atoms with E-state index in [1.807, 2.05) is 67.4 Å². The van der Waals surface area contributed by atoms with Crippen molar-refractivity contribution in [2.45, 2.75) is 26.9 Å². The topological polar surface area (TPSA) is 91.3 Å². The first-order valence-corrected chi connectivity index (χ1v) is 14.4. The maximum atomic E-state index is 13.5. The van der Waals surface area contributed by atoms with Gasteiger partial charge in [-0.25, -0.2) is 9.50 Å². The summed E-state index contributed by atoms with van der Waals surface area (Å²) in [5.74, 6) is 1.88. The van der Waals surface area contributed by atoms with E-state index in [-0.39, 0.29) is 5.91 Å². The molecule has 6 aromatic rings. The highest BCUT2D eigenvalue weighted by atomic mass is 32.1. The number of carbonyl (C=O) groups is 1. The predicted octanol–water partition coefficient (Wildman–Crippen LogP) is 6.62. The van der Waals surface area contributed by atoms with Gasteiger partial charge in [-0.05, 0) is 67.0 Å². The molecule has 3 aromatic heterocycles. The molecule has 1 aliphatic heterocycles. The van der Waals surface area contributed by atoms with E-state index in [0.29, 0.717) is 57.4 Å². The highest BCUT2D eigenvalue weighted by molar-refractivity contribution is 7.18. The van der Waals surface area contributed by atoms with Gasteiger partial charge in [0.05, 0.1) is 25.8 Å². The van der Waals surface area contributed by atoms with Gasteiger partial charge in [0.25, 0.3) is 11.1 Å². The SMILES string of the molecule is COc1cc(OCc2cccc3c2CCN3C(=O)c2cc(C)cc(C)c2)c2cc(-c3cn4nc(OC)sc4n3)oc2c1. The molecule has 10 heteroatoms. The van der Waals surface area contributed by atoms with E-state index in [2.05, 4.69) is 22.2 Å². The van der Waals surface area contributed by atoms with Crippen molar-refractivity contribution in [1.82, 2.24) is 14.6 Å². The van der Waals surface area contributed by atoms with Crippen molar-refractivity contribution < 1.29 is 23.4 Å². The fourth-order valence-corrected chi connectivity index (χ4v) is 6.29. The lowest BCUT2D eigenvalue weighted by atomic mass is 10.0. The zero-order chi connectivity index (χ0) is 29.0. The van der Waals surface area contributed by atoms with Gasteiger partial charge in [-0.15, -0.1) is 5.10 Å². The quantitative estimate of drug-likeness (QED) is 0.210. The van der Waals surface area contributed by atoms with Crippen molar-refractivity contribution in [3.05, 3.63) is 88.6 Å². The summed E-state index contributed by atoms with van der Waals surface area (Å²) in [6.07, 6.45) is 2.58. The molecule has 0 aliphatic carbocycles. The Morgan fingerprint density at radius 1 is 1.05 bits per heavy atom. The zero-order valence-electron chi connectivity index (χ0n) is 23.6. The van der Waals surface area contributed by atoms with Gasteiger partial charge in [0.2, 0.25) is 4.96 Å². The highest BCUT2D eigenvalue weighted by Gasteiger charge is 2.28. The van der Waals surface area contributed by atoms with Gasteiger partial charge in [0.1, 0.15) is 29.4 Å². The number of aryl methyl sites for hydroxylation is 2. The molecular formula is C32H28N4O5S.